The minimum Gasteiger partial charge on any atom is -0.379 e. The molecule has 0 saturated carbocycles. The molecule has 1 unspecified atom stereocenters. The number of nitrogens with one attached hydrogen (secondary N) is 2. The molecule has 0 aliphatic carbocycles. The van der Waals surface area contributed by atoms with Crippen LogP contribution in [0.1, 0.15) is 97.4 Å². The highest BCUT2D eigenvalue weighted by Gasteiger charge is 2.43. The smallest absolute Gasteiger partial charge is 0.245 e. The van der Waals surface area contributed by atoms with Crippen molar-refractivity contribution in [3.63, 3.8) is 0 Å². The molecule has 0 spiro atoms. The molecule has 4 N–H and O–H groups in total. The summed E-state index contributed by atoms with van der Waals surface area (Å²) in [5, 5.41) is 6.28. The van der Waals surface area contributed by atoms with Crippen molar-refractivity contribution in [2.45, 2.75) is 123 Å². The molecule has 10 atom stereocenters. The summed E-state index contributed by atoms with van der Waals surface area (Å²) < 4.78 is 12.1. The Morgan fingerprint density at radius 2 is 1.40 bits per heavy atom. The van der Waals surface area contributed by atoms with Crippen molar-refractivity contribution in [1.29, 1.82) is 0 Å². The number of carbonyl (C=O) groups is 4. The highest BCUT2D eigenvalue weighted by atomic mass is 16.5. The van der Waals surface area contributed by atoms with Crippen LogP contribution in [0.15, 0.2) is 60.7 Å². The molecule has 4 amide bonds. The molecule has 1 fully saturated rings. The minimum absolute atomic E-state index is 0.0185. The van der Waals surface area contributed by atoms with Gasteiger partial charge >= 0.3 is 0 Å². The first-order valence-electron chi connectivity index (χ1n) is 20.7. The number of nitrogens with zero attached hydrogens (tertiary/aromatic N) is 3. The van der Waals surface area contributed by atoms with Gasteiger partial charge in [-0.1, -0.05) is 116 Å². The van der Waals surface area contributed by atoms with Crippen molar-refractivity contribution in [2.24, 2.45) is 29.4 Å². The Hall–Kier alpha value is -3.84. The summed E-state index contributed by atoms with van der Waals surface area (Å²) in [6.45, 7) is 14.3. The quantitative estimate of drug-likeness (QED) is 0.157. The number of amides is 4. The number of hydrogen-bond acceptors (Lipinski definition) is 8. The van der Waals surface area contributed by atoms with E-state index in [1.54, 1.807) is 26.2 Å². The number of rotatable bonds is 21. The summed E-state index contributed by atoms with van der Waals surface area (Å²) in [6, 6.07) is 16.5. The van der Waals surface area contributed by atoms with Crippen LogP contribution in [-0.2, 0) is 28.7 Å². The Labute approximate surface area is 342 Å². The van der Waals surface area contributed by atoms with E-state index in [1.165, 1.54) is 0 Å². The van der Waals surface area contributed by atoms with E-state index in [-0.39, 0.29) is 53.8 Å². The fourth-order valence-electron chi connectivity index (χ4n) is 8.60. The number of likely N-dealkylation sites (N-methyl/N-ethyl adjacent to an activating group) is 2. The monoisotopic (exact) mass is 793 g/mol. The number of carbonyl (C=O) groups excluding carboxylic acids is 4. The number of hydrogen-bond donors (Lipinski definition) is 3. The highest BCUT2D eigenvalue weighted by molar-refractivity contribution is 5.90. The van der Waals surface area contributed by atoms with Crippen LogP contribution >= 0.6 is 0 Å². The number of methoxy groups -OCH3 is 2. The molecular weight excluding hydrogens is 721 g/mol. The van der Waals surface area contributed by atoms with E-state index in [9.17, 15) is 19.2 Å². The summed E-state index contributed by atoms with van der Waals surface area (Å²) in [5.41, 5.74) is 8.59. The molecule has 12 heteroatoms. The maximum absolute atomic E-state index is 14.4. The molecular formula is C45H72N6O6. The van der Waals surface area contributed by atoms with Gasteiger partial charge in [-0.2, -0.15) is 0 Å². The van der Waals surface area contributed by atoms with Crippen molar-refractivity contribution in [1.82, 2.24) is 25.3 Å². The maximum Gasteiger partial charge on any atom is 0.245 e. The van der Waals surface area contributed by atoms with Crippen LogP contribution in [-0.4, -0.2) is 117 Å². The molecule has 1 saturated heterocycles. The molecule has 1 aliphatic heterocycles. The number of ether oxygens (including phenoxy) is 2. The summed E-state index contributed by atoms with van der Waals surface area (Å²) in [4.78, 5) is 61.6. The first-order chi connectivity index (χ1) is 27.0. The average molecular weight is 793 g/mol. The zero-order valence-corrected chi connectivity index (χ0v) is 36.6. The molecule has 0 bridgehead atoms. The second-order valence-corrected chi connectivity index (χ2v) is 16.8. The number of likely N-dealkylation sites (tertiary alicyclic amines) is 1. The summed E-state index contributed by atoms with van der Waals surface area (Å²) in [6.07, 6.45) is 1.02. The molecule has 318 valence electrons. The third-order valence-corrected chi connectivity index (χ3v) is 11.9. The van der Waals surface area contributed by atoms with Gasteiger partial charge in [0.15, 0.2) is 0 Å². The normalized spacial score (nSPS) is 19.3. The third kappa shape index (κ3) is 12.1. The van der Waals surface area contributed by atoms with Crippen molar-refractivity contribution in [3.05, 3.63) is 71.8 Å². The van der Waals surface area contributed by atoms with E-state index >= 15 is 0 Å². The first-order valence-corrected chi connectivity index (χ1v) is 20.7. The lowest BCUT2D eigenvalue weighted by Gasteiger charge is -2.41. The molecule has 1 aliphatic rings. The van der Waals surface area contributed by atoms with Gasteiger partial charge in [0.05, 0.1) is 54.8 Å². The van der Waals surface area contributed by atoms with Gasteiger partial charge in [0.1, 0.15) is 6.04 Å². The fraction of sp³-hybridized carbons (Fsp3) is 0.644. The topological polar surface area (TPSA) is 147 Å². The van der Waals surface area contributed by atoms with Crippen molar-refractivity contribution in [3.8, 4) is 0 Å². The van der Waals surface area contributed by atoms with Crippen molar-refractivity contribution in [2.75, 3.05) is 41.9 Å². The largest absolute Gasteiger partial charge is 0.379 e. The highest BCUT2D eigenvalue weighted by Crippen LogP contribution is 2.32. The first kappa shape index (κ1) is 47.5. The van der Waals surface area contributed by atoms with Gasteiger partial charge in [0.25, 0.3) is 0 Å². The Morgan fingerprint density at radius 3 is 1.89 bits per heavy atom. The predicted octanol–water partition coefficient (Wildman–Crippen LogP) is 5.19. The van der Waals surface area contributed by atoms with E-state index in [2.05, 4.69) is 24.5 Å². The zero-order chi connectivity index (χ0) is 42.6. The molecule has 0 radical (unpaired) electrons. The second-order valence-electron chi connectivity index (χ2n) is 16.8. The fourth-order valence-corrected chi connectivity index (χ4v) is 8.60. The number of nitrogens with two attached hydrogens (primary N) is 1. The van der Waals surface area contributed by atoms with Gasteiger partial charge < -0.3 is 35.6 Å². The molecule has 0 aromatic heterocycles. The van der Waals surface area contributed by atoms with E-state index < -0.39 is 48.3 Å². The van der Waals surface area contributed by atoms with Gasteiger partial charge in [-0.25, -0.2) is 0 Å². The van der Waals surface area contributed by atoms with Gasteiger partial charge in [-0.05, 0) is 55.8 Å². The molecule has 1 heterocycles. The lowest BCUT2D eigenvalue weighted by atomic mass is 9.89. The van der Waals surface area contributed by atoms with Gasteiger partial charge in [-0.15, -0.1) is 0 Å². The molecule has 57 heavy (non-hydrogen) atoms. The minimum atomic E-state index is -0.759. The Balaban J connectivity index is 1.82. The van der Waals surface area contributed by atoms with Crippen molar-refractivity contribution < 1.29 is 28.7 Å². The summed E-state index contributed by atoms with van der Waals surface area (Å²) in [7, 11) is 8.63. The number of benzene rings is 2. The van der Waals surface area contributed by atoms with E-state index in [0.717, 1.165) is 24.0 Å². The van der Waals surface area contributed by atoms with Crippen LogP contribution in [0.25, 0.3) is 0 Å². The predicted molar refractivity (Wildman–Crippen MR) is 226 cm³/mol. The molecule has 2 aromatic rings. The third-order valence-electron chi connectivity index (χ3n) is 11.9. The van der Waals surface area contributed by atoms with E-state index in [4.69, 9.17) is 15.2 Å². The summed E-state index contributed by atoms with van der Waals surface area (Å²) >= 11 is 0. The summed E-state index contributed by atoms with van der Waals surface area (Å²) in [5.74, 6) is -1.51. The van der Waals surface area contributed by atoms with Crippen molar-refractivity contribution >= 4 is 23.6 Å². The van der Waals surface area contributed by atoms with Gasteiger partial charge in [0.2, 0.25) is 23.6 Å². The Morgan fingerprint density at radius 1 is 0.825 bits per heavy atom. The second kappa shape index (κ2) is 22.3. The Bertz CT molecular complexity index is 1550. The SMILES string of the molecule is CC[C@H](C)[C@@H]([C@@H](CC(=O)N1CCC[C@H]1[C@H](OC)[C@@H](C)C(=O)N[C@@H](c1ccccc1)[C@@H](N)c1ccccc1)OC)N(C)C(=O)[C@@H](NC(=O)C(C(C)C)N(C)C)C(C)C. The lowest BCUT2D eigenvalue weighted by Crippen LogP contribution is -2.59. The van der Waals surface area contributed by atoms with Crippen LogP contribution < -0.4 is 16.4 Å². The van der Waals surface area contributed by atoms with Crippen LogP contribution in [0.2, 0.25) is 0 Å². The lowest BCUT2D eigenvalue weighted by molar-refractivity contribution is -0.148. The van der Waals surface area contributed by atoms with Gasteiger partial charge in [0, 0.05) is 27.8 Å². The zero-order valence-electron chi connectivity index (χ0n) is 36.6. The molecule has 2 aromatic carbocycles. The van der Waals surface area contributed by atoms with E-state index in [0.29, 0.717) is 13.0 Å². The van der Waals surface area contributed by atoms with Crippen LogP contribution in [0, 0.1) is 23.7 Å². The van der Waals surface area contributed by atoms with E-state index in [1.807, 2.05) is 119 Å². The average Bonchev–Trinajstić information content (AvgIpc) is 3.68. The standard InChI is InChI=1S/C45H72N6O6/c1-13-30(6)41(50(10)45(55)38(28(2)3)47-44(54)40(29(4)5)49(8)9)35(56-11)27-36(52)51-26-20-25-34(51)42(57-12)31(7)43(53)48-39(33-23-18-15-19-24-33)37(46)32-21-16-14-17-22-32/h14-19,21-24,28-31,34-35,37-42H,13,20,25-27,46H2,1-12H3,(H,47,54)(H,48,53)/t30-,31+,34-,35+,37-,38-,39-,40?,41-,42+/m0/s1. The van der Waals surface area contributed by atoms with Crippen LogP contribution in [0.5, 0.6) is 0 Å². The molecule has 3 rings (SSSR count). The Kier molecular flexibility index (Phi) is 18.6. The molecule has 12 nitrogen and oxygen atoms in total. The van der Waals surface area contributed by atoms with Gasteiger partial charge in [-0.3, -0.25) is 24.1 Å². The van der Waals surface area contributed by atoms with Crippen LogP contribution in [0.4, 0.5) is 0 Å². The maximum atomic E-state index is 14.4. The van der Waals surface area contributed by atoms with Crippen LogP contribution in [0.3, 0.4) is 0 Å².